The zero-order valence-electron chi connectivity index (χ0n) is 12.5. The van der Waals surface area contributed by atoms with E-state index in [1.165, 1.54) is 12.0 Å². The third kappa shape index (κ3) is 2.54. The number of nitrogens with zero attached hydrogens (tertiary/aromatic N) is 1. The summed E-state index contributed by atoms with van der Waals surface area (Å²) in [5, 5.41) is 4.11. The van der Waals surface area contributed by atoms with Gasteiger partial charge < -0.3 is 5.32 Å². The molecule has 2 nitrogen and oxygen atoms in total. The van der Waals surface area contributed by atoms with E-state index in [9.17, 15) is 4.39 Å². The van der Waals surface area contributed by atoms with Crippen LogP contribution in [0.2, 0.25) is 0 Å². The number of hydrogen-bond donors (Lipinski definition) is 1. The largest absolute Gasteiger partial charge is 0.384 e. The van der Waals surface area contributed by atoms with Gasteiger partial charge in [-0.15, -0.1) is 0 Å². The third-order valence-electron chi connectivity index (χ3n) is 4.17. The zero-order valence-corrected chi connectivity index (χ0v) is 14.1. The molecule has 1 heterocycles. The summed E-state index contributed by atoms with van der Waals surface area (Å²) in [5.41, 5.74) is 5.16. The number of benzene rings is 1. The number of nitrogens with one attached hydrogen (secondary N) is 1. The van der Waals surface area contributed by atoms with Crippen molar-refractivity contribution in [2.24, 2.45) is 0 Å². The van der Waals surface area contributed by atoms with Crippen LogP contribution in [0.3, 0.4) is 0 Å². The predicted octanol–water partition coefficient (Wildman–Crippen LogP) is 5.15. The summed E-state index contributed by atoms with van der Waals surface area (Å²) in [4.78, 5) is 4.79. The number of anilines is 1. The molecule has 0 aliphatic heterocycles. The summed E-state index contributed by atoms with van der Waals surface area (Å²) in [6.07, 6.45) is 5.36. The van der Waals surface area contributed by atoms with Crippen LogP contribution in [0, 0.1) is 12.7 Å². The number of aromatic nitrogens is 1. The molecule has 3 rings (SSSR count). The summed E-state index contributed by atoms with van der Waals surface area (Å²) in [6, 6.07) is 1.82. The Morgan fingerprint density at radius 3 is 2.86 bits per heavy atom. The minimum Gasteiger partial charge on any atom is -0.384 e. The SMILES string of the molecule is CCCNc1c2c(nc3c(C)cc(Br)c(F)c13)CCCC2. The van der Waals surface area contributed by atoms with Crippen molar-refractivity contribution in [3.63, 3.8) is 0 Å². The standard InChI is InChI=1S/C17H20BrFN2/c1-3-8-20-17-11-6-4-5-7-13(11)21-16-10(2)9-12(18)15(19)14(16)17/h9H,3-8H2,1-2H3,(H,20,21). The predicted molar refractivity (Wildman–Crippen MR) is 89.6 cm³/mol. The molecule has 0 radical (unpaired) electrons. The van der Waals surface area contributed by atoms with E-state index < -0.39 is 0 Å². The second kappa shape index (κ2) is 5.91. The lowest BCUT2D eigenvalue weighted by Crippen LogP contribution is -2.13. The van der Waals surface area contributed by atoms with Crippen molar-refractivity contribution in [1.82, 2.24) is 4.98 Å². The Kier molecular flexibility index (Phi) is 4.16. The van der Waals surface area contributed by atoms with Crippen molar-refractivity contribution in [2.75, 3.05) is 11.9 Å². The molecule has 1 aromatic carbocycles. The Morgan fingerprint density at radius 2 is 2.10 bits per heavy atom. The second-order valence-electron chi connectivity index (χ2n) is 5.76. The smallest absolute Gasteiger partial charge is 0.148 e. The molecule has 0 amide bonds. The lowest BCUT2D eigenvalue weighted by molar-refractivity contribution is 0.630. The molecule has 0 saturated carbocycles. The number of fused-ring (bicyclic) bond motifs is 2. The monoisotopic (exact) mass is 350 g/mol. The topological polar surface area (TPSA) is 24.9 Å². The van der Waals surface area contributed by atoms with Crippen molar-refractivity contribution in [3.8, 4) is 0 Å². The van der Waals surface area contributed by atoms with Gasteiger partial charge in [0.05, 0.1) is 21.1 Å². The Morgan fingerprint density at radius 1 is 1.33 bits per heavy atom. The maximum Gasteiger partial charge on any atom is 0.148 e. The van der Waals surface area contributed by atoms with E-state index in [1.54, 1.807) is 0 Å². The van der Waals surface area contributed by atoms with Gasteiger partial charge in [0.1, 0.15) is 5.82 Å². The van der Waals surface area contributed by atoms with Gasteiger partial charge >= 0.3 is 0 Å². The van der Waals surface area contributed by atoms with Crippen molar-refractivity contribution in [3.05, 3.63) is 33.2 Å². The quantitative estimate of drug-likeness (QED) is 0.828. The van der Waals surface area contributed by atoms with Crippen molar-refractivity contribution < 1.29 is 4.39 Å². The van der Waals surface area contributed by atoms with E-state index in [0.29, 0.717) is 9.86 Å². The molecule has 0 atom stereocenters. The van der Waals surface area contributed by atoms with Gasteiger partial charge in [-0.05, 0) is 72.2 Å². The lowest BCUT2D eigenvalue weighted by Gasteiger charge is -2.22. The first kappa shape index (κ1) is 14.8. The lowest BCUT2D eigenvalue weighted by atomic mass is 9.92. The van der Waals surface area contributed by atoms with Crippen molar-refractivity contribution in [1.29, 1.82) is 0 Å². The first-order valence-corrected chi connectivity index (χ1v) is 8.46. The van der Waals surface area contributed by atoms with Crippen LogP contribution in [-0.2, 0) is 12.8 Å². The molecule has 1 aliphatic rings. The Balaban J connectivity index is 2.35. The van der Waals surface area contributed by atoms with Gasteiger partial charge in [0.2, 0.25) is 0 Å². The maximum absolute atomic E-state index is 14.7. The van der Waals surface area contributed by atoms with E-state index in [1.807, 2.05) is 13.0 Å². The second-order valence-corrected chi connectivity index (χ2v) is 6.61. The molecule has 112 valence electrons. The molecule has 0 bridgehead atoms. The van der Waals surface area contributed by atoms with Gasteiger partial charge in [0, 0.05) is 12.2 Å². The molecule has 0 unspecified atom stereocenters. The van der Waals surface area contributed by atoms with Crippen LogP contribution < -0.4 is 5.32 Å². The number of pyridine rings is 1. The van der Waals surface area contributed by atoms with Crippen molar-refractivity contribution in [2.45, 2.75) is 46.0 Å². The Hall–Kier alpha value is -1.16. The average molecular weight is 351 g/mol. The Labute approximate surface area is 133 Å². The van der Waals surface area contributed by atoms with Crippen LogP contribution in [0.25, 0.3) is 10.9 Å². The molecule has 4 heteroatoms. The molecule has 1 aromatic heterocycles. The van der Waals surface area contributed by atoms with Gasteiger partial charge in [-0.3, -0.25) is 4.98 Å². The van der Waals surface area contributed by atoms with E-state index in [2.05, 4.69) is 28.2 Å². The molecular formula is C17H20BrFN2. The highest BCUT2D eigenvalue weighted by atomic mass is 79.9. The number of hydrogen-bond acceptors (Lipinski definition) is 2. The van der Waals surface area contributed by atoms with Crippen LogP contribution in [0.15, 0.2) is 10.5 Å². The van der Waals surface area contributed by atoms with E-state index in [0.717, 1.165) is 54.7 Å². The highest BCUT2D eigenvalue weighted by molar-refractivity contribution is 9.10. The van der Waals surface area contributed by atoms with Gasteiger partial charge in [-0.25, -0.2) is 4.39 Å². The number of rotatable bonds is 3. The first-order valence-electron chi connectivity index (χ1n) is 7.67. The van der Waals surface area contributed by atoms with Gasteiger partial charge in [-0.2, -0.15) is 0 Å². The molecule has 2 aromatic rings. The molecule has 1 N–H and O–H groups in total. The van der Waals surface area contributed by atoms with Crippen LogP contribution in [-0.4, -0.2) is 11.5 Å². The van der Waals surface area contributed by atoms with Gasteiger partial charge in [-0.1, -0.05) is 6.92 Å². The summed E-state index contributed by atoms with van der Waals surface area (Å²) in [5.74, 6) is -0.199. The molecule has 1 aliphatic carbocycles. The first-order chi connectivity index (χ1) is 10.1. The van der Waals surface area contributed by atoms with Crippen molar-refractivity contribution >= 4 is 32.5 Å². The van der Waals surface area contributed by atoms with Crippen LogP contribution in [0.1, 0.15) is 43.0 Å². The molecule has 0 fully saturated rings. The fourth-order valence-corrected chi connectivity index (χ4v) is 3.67. The van der Waals surface area contributed by atoms with Crippen LogP contribution in [0.5, 0.6) is 0 Å². The number of aryl methyl sites for hydroxylation is 2. The molecule has 0 spiro atoms. The van der Waals surface area contributed by atoms with Crippen LogP contribution >= 0.6 is 15.9 Å². The third-order valence-corrected chi connectivity index (χ3v) is 4.75. The fourth-order valence-electron chi connectivity index (χ4n) is 3.13. The molecule has 21 heavy (non-hydrogen) atoms. The Bertz CT molecular complexity index is 697. The summed E-state index contributed by atoms with van der Waals surface area (Å²) in [7, 11) is 0. The van der Waals surface area contributed by atoms with Gasteiger partial charge in [0.25, 0.3) is 0 Å². The maximum atomic E-state index is 14.7. The highest BCUT2D eigenvalue weighted by Crippen LogP contribution is 2.38. The van der Waals surface area contributed by atoms with Gasteiger partial charge in [0.15, 0.2) is 0 Å². The van der Waals surface area contributed by atoms with E-state index in [-0.39, 0.29) is 5.82 Å². The average Bonchev–Trinajstić information content (AvgIpc) is 2.49. The van der Waals surface area contributed by atoms with E-state index in [4.69, 9.17) is 4.98 Å². The zero-order chi connectivity index (χ0) is 15.0. The minimum atomic E-state index is -0.199. The van der Waals surface area contributed by atoms with E-state index >= 15 is 0 Å². The fraction of sp³-hybridized carbons (Fsp3) is 0.471. The number of halogens is 2. The molecular weight excluding hydrogens is 331 g/mol. The summed E-state index contributed by atoms with van der Waals surface area (Å²) < 4.78 is 15.2. The normalized spacial score (nSPS) is 14.3. The highest BCUT2D eigenvalue weighted by Gasteiger charge is 2.22. The van der Waals surface area contributed by atoms with Crippen LogP contribution in [0.4, 0.5) is 10.1 Å². The minimum absolute atomic E-state index is 0.199. The summed E-state index contributed by atoms with van der Waals surface area (Å²) >= 11 is 3.34. The molecule has 0 saturated heterocycles. The summed E-state index contributed by atoms with van der Waals surface area (Å²) in [6.45, 7) is 4.98.